The van der Waals surface area contributed by atoms with Gasteiger partial charge in [0.05, 0.1) is 18.4 Å². The predicted molar refractivity (Wildman–Crippen MR) is 122 cm³/mol. The molecular weight excluding hydrogens is 428 g/mol. The van der Waals surface area contributed by atoms with Crippen molar-refractivity contribution in [1.82, 2.24) is 9.97 Å². The highest BCUT2D eigenvalue weighted by Crippen LogP contribution is 2.23. The van der Waals surface area contributed by atoms with Crippen molar-refractivity contribution >= 4 is 38.2 Å². The number of carbonyl (C=O) groups is 1. The van der Waals surface area contributed by atoms with Gasteiger partial charge in [-0.3, -0.25) is 9.52 Å². The van der Waals surface area contributed by atoms with Crippen LogP contribution in [0.25, 0.3) is 10.8 Å². The Morgan fingerprint density at radius 1 is 0.938 bits per heavy atom. The second-order valence-electron chi connectivity index (χ2n) is 6.91. The van der Waals surface area contributed by atoms with Crippen LogP contribution in [0.5, 0.6) is 5.88 Å². The number of aromatic nitrogens is 2. The Labute approximate surface area is 185 Å². The standard InChI is InChI=1S/C23H20N4O4S/c1-31-23-22(24-13-14-25-23)27-32(29,30)19-11-9-18(10-12-19)26-21(28)15-17-7-4-6-16-5-2-3-8-20(16)17/h2-14H,15H2,1H3,(H,24,27)(H,26,28). The first kappa shape index (κ1) is 21.3. The zero-order valence-corrected chi connectivity index (χ0v) is 18.0. The molecule has 3 aromatic carbocycles. The molecule has 0 saturated carbocycles. The van der Waals surface area contributed by atoms with E-state index in [4.69, 9.17) is 4.74 Å². The maximum atomic E-state index is 12.6. The molecule has 0 unspecified atom stereocenters. The molecule has 1 aromatic heterocycles. The number of rotatable bonds is 7. The van der Waals surface area contributed by atoms with Crippen LogP contribution in [-0.2, 0) is 21.2 Å². The molecule has 2 N–H and O–H groups in total. The molecule has 0 aliphatic heterocycles. The number of carbonyl (C=O) groups excluding carboxylic acids is 1. The number of benzene rings is 3. The maximum Gasteiger partial charge on any atom is 0.263 e. The van der Waals surface area contributed by atoms with Crippen LogP contribution in [0.2, 0.25) is 0 Å². The first-order valence-corrected chi connectivity index (χ1v) is 11.2. The summed E-state index contributed by atoms with van der Waals surface area (Å²) in [6, 6.07) is 19.6. The molecule has 0 aliphatic rings. The third-order valence-corrected chi connectivity index (χ3v) is 6.12. The Morgan fingerprint density at radius 2 is 1.66 bits per heavy atom. The fraction of sp³-hybridized carbons (Fsp3) is 0.0870. The number of nitrogens with one attached hydrogen (secondary N) is 2. The van der Waals surface area contributed by atoms with Crippen LogP contribution < -0.4 is 14.8 Å². The van der Waals surface area contributed by atoms with Crippen molar-refractivity contribution in [3.63, 3.8) is 0 Å². The summed E-state index contributed by atoms with van der Waals surface area (Å²) >= 11 is 0. The average Bonchev–Trinajstić information content (AvgIpc) is 2.80. The zero-order valence-electron chi connectivity index (χ0n) is 17.1. The van der Waals surface area contributed by atoms with Crippen molar-refractivity contribution in [1.29, 1.82) is 0 Å². The van der Waals surface area contributed by atoms with E-state index in [-0.39, 0.29) is 28.9 Å². The van der Waals surface area contributed by atoms with E-state index in [1.165, 1.54) is 43.8 Å². The molecule has 162 valence electrons. The van der Waals surface area contributed by atoms with Gasteiger partial charge >= 0.3 is 0 Å². The Bertz CT molecular complexity index is 1370. The second kappa shape index (κ2) is 9.03. The third kappa shape index (κ3) is 4.68. The molecule has 1 heterocycles. The van der Waals surface area contributed by atoms with Crippen molar-refractivity contribution in [2.24, 2.45) is 0 Å². The molecule has 0 saturated heterocycles. The van der Waals surface area contributed by atoms with E-state index in [1.807, 2.05) is 42.5 Å². The number of methoxy groups -OCH3 is 1. The van der Waals surface area contributed by atoms with Crippen LogP contribution in [0.1, 0.15) is 5.56 Å². The van der Waals surface area contributed by atoms with Gasteiger partial charge in [-0.05, 0) is 40.6 Å². The van der Waals surface area contributed by atoms with Crippen molar-refractivity contribution in [2.75, 3.05) is 17.1 Å². The monoisotopic (exact) mass is 448 g/mol. The molecule has 0 bridgehead atoms. The lowest BCUT2D eigenvalue weighted by molar-refractivity contribution is -0.115. The Hall–Kier alpha value is -3.98. The summed E-state index contributed by atoms with van der Waals surface area (Å²) in [5.41, 5.74) is 1.41. The molecular formula is C23H20N4O4S. The SMILES string of the molecule is COc1nccnc1NS(=O)(=O)c1ccc(NC(=O)Cc2cccc3ccccc23)cc1. The van der Waals surface area contributed by atoms with Gasteiger partial charge in [-0.1, -0.05) is 42.5 Å². The summed E-state index contributed by atoms with van der Waals surface area (Å²) < 4.78 is 32.7. The lowest BCUT2D eigenvalue weighted by Crippen LogP contribution is -2.16. The maximum absolute atomic E-state index is 12.6. The van der Waals surface area contributed by atoms with Gasteiger partial charge in [0.1, 0.15) is 0 Å². The first-order chi connectivity index (χ1) is 15.5. The van der Waals surface area contributed by atoms with E-state index in [0.29, 0.717) is 5.69 Å². The van der Waals surface area contributed by atoms with E-state index in [2.05, 4.69) is 20.0 Å². The number of nitrogens with zero attached hydrogens (tertiary/aromatic N) is 2. The minimum Gasteiger partial charge on any atom is -0.478 e. The topological polar surface area (TPSA) is 110 Å². The number of hydrogen-bond acceptors (Lipinski definition) is 6. The molecule has 32 heavy (non-hydrogen) atoms. The first-order valence-electron chi connectivity index (χ1n) is 9.70. The lowest BCUT2D eigenvalue weighted by Gasteiger charge is -2.11. The van der Waals surface area contributed by atoms with Crippen molar-refractivity contribution in [3.8, 4) is 5.88 Å². The smallest absolute Gasteiger partial charge is 0.263 e. The molecule has 0 spiro atoms. The highest BCUT2D eigenvalue weighted by molar-refractivity contribution is 7.92. The third-order valence-electron chi connectivity index (χ3n) is 4.77. The summed E-state index contributed by atoms with van der Waals surface area (Å²) in [7, 11) is -2.54. The molecule has 0 fully saturated rings. The number of sulfonamides is 1. The van der Waals surface area contributed by atoms with Gasteiger partial charge < -0.3 is 10.1 Å². The number of ether oxygens (including phenoxy) is 1. The van der Waals surface area contributed by atoms with Gasteiger partial charge in [0.15, 0.2) is 0 Å². The van der Waals surface area contributed by atoms with Crippen LogP contribution in [-0.4, -0.2) is 31.4 Å². The minimum atomic E-state index is -3.91. The van der Waals surface area contributed by atoms with Crippen LogP contribution in [0.4, 0.5) is 11.5 Å². The molecule has 4 rings (SSSR count). The van der Waals surface area contributed by atoms with Gasteiger partial charge in [-0.15, -0.1) is 0 Å². The van der Waals surface area contributed by atoms with Crippen molar-refractivity contribution in [2.45, 2.75) is 11.3 Å². The van der Waals surface area contributed by atoms with E-state index < -0.39 is 10.0 Å². The highest BCUT2D eigenvalue weighted by Gasteiger charge is 2.18. The molecule has 1 amide bonds. The summed E-state index contributed by atoms with van der Waals surface area (Å²) in [4.78, 5) is 20.4. The molecule has 4 aromatic rings. The normalized spacial score (nSPS) is 11.2. The van der Waals surface area contributed by atoms with Crippen molar-refractivity contribution in [3.05, 3.63) is 84.7 Å². The molecule has 8 nitrogen and oxygen atoms in total. The zero-order chi connectivity index (χ0) is 22.6. The largest absolute Gasteiger partial charge is 0.478 e. The highest BCUT2D eigenvalue weighted by atomic mass is 32.2. The quantitative estimate of drug-likeness (QED) is 0.447. The molecule has 0 atom stereocenters. The van der Waals surface area contributed by atoms with Gasteiger partial charge in [0, 0.05) is 18.1 Å². The van der Waals surface area contributed by atoms with E-state index in [1.54, 1.807) is 0 Å². The molecule has 0 radical (unpaired) electrons. The number of fused-ring (bicyclic) bond motifs is 1. The van der Waals surface area contributed by atoms with Gasteiger partial charge in [-0.25, -0.2) is 18.4 Å². The van der Waals surface area contributed by atoms with Gasteiger partial charge in [0.2, 0.25) is 11.7 Å². The number of anilines is 2. The van der Waals surface area contributed by atoms with E-state index >= 15 is 0 Å². The summed E-state index contributed by atoms with van der Waals surface area (Å²) in [5, 5.41) is 4.90. The minimum absolute atomic E-state index is 0.0114. The number of amides is 1. The predicted octanol–water partition coefficient (Wildman–Crippen LogP) is 3.62. The van der Waals surface area contributed by atoms with E-state index in [9.17, 15) is 13.2 Å². The summed E-state index contributed by atoms with van der Waals surface area (Å²) in [6.07, 6.45) is 2.96. The average molecular weight is 449 g/mol. The van der Waals surface area contributed by atoms with Crippen LogP contribution in [0.3, 0.4) is 0 Å². The molecule has 0 aliphatic carbocycles. The lowest BCUT2D eigenvalue weighted by atomic mass is 10.0. The Kier molecular flexibility index (Phi) is 6.00. The van der Waals surface area contributed by atoms with Gasteiger partial charge in [0.25, 0.3) is 15.9 Å². The summed E-state index contributed by atoms with van der Waals surface area (Å²) in [5.74, 6) is -0.143. The van der Waals surface area contributed by atoms with Crippen LogP contribution >= 0.6 is 0 Å². The molecule has 9 heteroatoms. The fourth-order valence-corrected chi connectivity index (χ4v) is 4.28. The fourth-order valence-electron chi connectivity index (χ4n) is 3.27. The number of hydrogen-bond donors (Lipinski definition) is 2. The summed E-state index contributed by atoms with van der Waals surface area (Å²) in [6.45, 7) is 0. The second-order valence-corrected chi connectivity index (χ2v) is 8.59. The van der Waals surface area contributed by atoms with Crippen LogP contribution in [0.15, 0.2) is 84.0 Å². The van der Waals surface area contributed by atoms with E-state index in [0.717, 1.165) is 16.3 Å². The van der Waals surface area contributed by atoms with Crippen molar-refractivity contribution < 1.29 is 17.9 Å². The van der Waals surface area contributed by atoms with Gasteiger partial charge in [-0.2, -0.15) is 0 Å². The Balaban J connectivity index is 1.46. The van der Waals surface area contributed by atoms with Crippen LogP contribution in [0, 0.1) is 0 Å². The Morgan fingerprint density at radius 3 is 2.44 bits per heavy atom.